The SMILES string of the molecule is C#Cc1ccc(C(CC)(CC)c2ccc(O)c(C)c2)cc1C.CCC(CC)(c1ccc(O)c(C)c1)c1ccc(C#CC(O)C(C)(C)C)c(C)c1. The Kier molecular flexibility index (Phi) is 13.2. The first-order chi connectivity index (χ1) is 23.5. The summed E-state index contributed by atoms with van der Waals surface area (Å²) in [5.74, 6) is 9.57. The van der Waals surface area contributed by atoms with Gasteiger partial charge in [-0.2, -0.15) is 0 Å². The summed E-state index contributed by atoms with van der Waals surface area (Å²) in [5, 5.41) is 29.9. The van der Waals surface area contributed by atoms with Gasteiger partial charge < -0.3 is 15.3 Å². The monoisotopic (exact) mass is 670 g/mol. The van der Waals surface area contributed by atoms with Crippen LogP contribution in [0.3, 0.4) is 0 Å². The molecule has 0 heterocycles. The maximum Gasteiger partial charge on any atom is 0.119 e. The number of hydrogen-bond acceptors (Lipinski definition) is 3. The van der Waals surface area contributed by atoms with Gasteiger partial charge in [0.2, 0.25) is 0 Å². The number of phenolic OH excluding ortho intramolecular Hbond substituents is 2. The normalized spacial score (nSPS) is 12.2. The van der Waals surface area contributed by atoms with E-state index in [-0.39, 0.29) is 16.2 Å². The molecule has 50 heavy (non-hydrogen) atoms. The van der Waals surface area contributed by atoms with Crippen LogP contribution in [0.15, 0.2) is 72.8 Å². The Balaban J connectivity index is 0.000000278. The number of phenols is 2. The van der Waals surface area contributed by atoms with E-state index < -0.39 is 6.10 Å². The molecule has 0 saturated heterocycles. The zero-order valence-electron chi connectivity index (χ0n) is 32.3. The van der Waals surface area contributed by atoms with Crippen LogP contribution < -0.4 is 0 Å². The third kappa shape index (κ3) is 8.46. The average Bonchev–Trinajstić information content (AvgIpc) is 3.09. The van der Waals surface area contributed by atoms with E-state index in [4.69, 9.17) is 6.42 Å². The molecule has 0 aliphatic heterocycles. The maximum atomic E-state index is 10.2. The summed E-state index contributed by atoms with van der Waals surface area (Å²) >= 11 is 0. The molecule has 0 bridgehead atoms. The van der Waals surface area contributed by atoms with Crippen molar-refractivity contribution in [3.05, 3.63) is 128 Å². The van der Waals surface area contributed by atoms with Gasteiger partial charge in [-0.15, -0.1) is 6.42 Å². The number of hydrogen-bond donors (Lipinski definition) is 3. The molecular weight excluding hydrogens is 613 g/mol. The molecule has 0 radical (unpaired) electrons. The molecule has 0 saturated carbocycles. The second-order valence-electron chi connectivity index (χ2n) is 14.8. The minimum absolute atomic E-state index is 0.0453. The van der Waals surface area contributed by atoms with Crippen molar-refractivity contribution < 1.29 is 15.3 Å². The van der Waals surface area contributed by atoms with Gasteiger partial charge >= 0.3 is 0 Å². The summed E-state index contributed by atoms with van der Waals surface area (Å²) in [5.41, 5.74) is 10.6. The highest BCUT2D eigenvalue weighted by Crippen LogP contribution is 2.42. The van der Waals surface area contributed by atoms with Crippen molar-refractivity contribution in [2.24, 2.45) is 5.41 Å². The highest BCUT2D eigenvalue weighted by atomic mass is 16.3. The molecule has 0 amide bonds. The summed E-state index contributed by atoms with van der Waals surface area (Å²) in [6.45, 7) is 22.9. The van der Waals surface area contributed by atoms with E-state index in [1.807, 2.05) is 52.8 Å². The molecule has 4 rings (SSSR count). The topological polar surface area (TPSA) is 60.7 Å². The largest absolute Gasteiger partial charge is 0.508 e. The van der Waals surface area contributed by atoms with E-state index in [1.165, 1.54) is 22.3 Å². The molecule has 4 aromatic carbocycles. The number of terminal acetylenes is 1. The summed E-state index contributed by atoms with van der Waals surface area (Å²) < 4.78 is 0. The van der Waals surface area contributed by atoms with E-state index in [9.17, 15) is 15.3 Å². The summed E-state index contributed by atoms with van der Waals surface area (Å²) in [6, 6.07) is 24.7. The fraction of sp³-hybridized carbons (Fsp3) is 0.404. The molecule has 3 nitrogen and oxygen atoms in total. The first-order valence-electron chi connectivity index (χ1n) is 18.0. The van der Waals surface area contributed by atoms with Crippen molar-refractivity contribution in [3.63, 3.8) is 0 Å². The van der Waals surface area contributed by atoms with Crippen LogP contribution >= 0.6 is 0 Å². The van der Waals surface area contributed by atoms with Crippen LogP contribution in [0.2, 0.25) is 0 Å². The zero-order valence-corrected chi connectivity index (χ0v) is 32.3. The lowest BCUT2D eigenvalue weighted by Crippen LogP contribution is -2.26. The number of aliphatic hydroxyl groups excluding tert-OH is 1. The second kappa shape index (κ2) is 16.5. The van der Waals surface area contributed by atoms with Gasteiger partial charge in [0.25, 0.3) is 0 Å². The Hall–Kier alpha value is -4.44. The van der Waals surface area contributed by atoms with Crippen molar-refractivity contribution in [2.45, 2.75) is 119 Å². The van der Waals surface area contributed by atoms with Crippen molar-refractivity contribution in [3.8, 4) is 35.7 Å². The van der Waals surface area contributed by atoms with E-state index in [2.05, 4.69) is 102 Å². The minimum atomic E-state index is -0.656. The fourth-order valence-electron chi connectivity index (χ4n) is 6.96. The Morgan fingerprint density at radius 1 is 0.560 bits per heavy atom. The number of rotatable bonds is 8. The number of aryl methyl sites for hydroxylation is 4. The van der Waals surface area contributed by atoms with Gasteiger partial charge in [0.05, 0.1) is 0 Å². The van der Waals surface area contributed by atoms with Gasteiger partial charge in [-0.25, -0.2) is 0 Å². The van der Waals surface area contributed by atoms with Gasteiger partial charge in [-0.05, 0) is 128 Å². The highest BCUT2D eigenvalue weighted by Gasteiger charge is 2.32. The predicted octanol–water partition coefficient (Wildman–Crippen LogP) is 11.0. The van der Waals surface area contributed by atoms with Crippen LogP contribution in [0.25, 0.3) is 0 Å². The van der Waals surface area contributed by atoms with Crippen LogP contribution in [-0.4, -0.2) is 21.4 Å². The van der Waals surface area contributed by atoms with Gasteiger partial charge in [0.1, 0.15) is 17.6 Å². The maximum absolute atomic E-state index is 10.2. The summed E-state index contributed by atoms with van der Waals surface area (Å²) in [6.07, 6.45) is 8.84. The Morgan fingerprint density at radius 3 is 1.20 bits per heavy atom. The number of aliphatic hydroxyl groups is 1. The molecule has 0 fully saturated rings. The quantitative estimate of drug-likeness (QED) is 0.164. The van der Waals surface area contributed by atoms with Gasteiger partial charge in [0.15, 0.2) is 0 Å². The molecule has 1 unspecified atom stereocenters. The average molecular weight is 671 g/mol. The van der Waals surface area contributed by atoms with Crippen LogP contribution in [0.1, 0.15) is 130 Å². The molecule has 264 valence electrons. The van der Waals surface area contributed by atoms with Crippen molar-refractivity contribution in [1.29, 1.82) is 0 Å². The van der Waals surface area contributed by atoms with Crippen LogP contribution in [0.5, 0.6) is 11.5 Å². The predicted molar refractivity (Wildman–Crippen MR) is 211 cm³/mol. The molecule has 4 aromatic rings. The Bertz CT molecular complexity index is 1880. The first-order valence-corrected chi connectivity index (χ1v) is 18.0. The van der Waals surface area contributed by atoms with E-state index >= 15 is 0 Å². The third-order valence-electron chi connectivity index (χ3n) is 10.8. The van der Waals surface area contributed by atoms with E-state index in [1.54, 1.807) is 12.1 Å². The molecule has 0 spiro atoms. The highest BCUT2D eigenvalue weighted by molar-refractivity contribution is 5.51. The molecule has 1 atom stereocenters. The number of aromatic hydroxyl groups is 2. The lowest BCUT2D eigenvalue weighted by atomic mass is 9.70. The molecule has 0 aliphatic carbocycles. The van der Waals surface area contributed by atoms with E-state index in [0.29, 0.717) is 11.5 Å². The van der Waals surface area contributed by atoms with Crippen LogP contribution in [0.4, 0.5) is 0 Å². The van der Waals surface area contributed by atoms with Gasteiger partial charge in [0, 0.05) is 22.0 Å². The smallest absolute Gasteiger partial charge is 0.119 e. The summed E-state index contributed by atoms with van der Waals surface area (Å²) in [7, 11) is 0. The molecule has 0 aliphatic rings. The van der Waals surface area contributed by atoms with E-state index in [0.717, 1.165) is 59.1 Å². The van der Waals surface area contributed by atoms with Crippen molar-refractivity contribution in [1.82, 2.24) is 0 Å². The molecule has 0 aromatic heterocycles. The zero-order chi connectivity index (χ0) is 37.4. The van der Waals surface area contributed by atoms with Gasteiger partial charge in [-0.3, -0.25) is 0 Å². The molecule has 3 heteroatoms. The van der Waals surface area contributed by atoms with Crippen molar-refractivity contribution in [2.75, 3.05) is 0 Å². The molecular formula is C47H58O3. The first kappa shape index (κ1) is 40.0. The van der Waals surface area contributed by atoms with Crippen LogP contribution in [-0.2, 0) is 10.8 Å². The molecule has 3 N–H and O–H groups in total. The number of benzene rings is 4. The fourth-order valence-corrected chi connectivity index (χ4v) is 6.96. The Morgan fingerprint density at radius 2 is 0.900 bits per heavy atom. The van der Waals surface area contributed by atoms with Crippen LogP contribution in [0, 0.1) is 57.3 Å². The van der Waals surface area contributed by atoms with Crippen molar-refractivity contribution >= 4 is 0 Å². The summed E-state index contributed by atoms with van der Waals surface area (Å²) in [4.78, 5) is 0. The van der Waals surface area contributed by atoms with Gasteiger partial charge in [-0.1, -0.05) is 115 Å². The lowest BCUT2D eigenvalue weighted by molar-refractivity contribution is 0.114. The second-order valence-corrected chi connectivity index (χ2v) is 14.8. The standard InChI is InChI=1S/C26H34O2.C21H24O/c1-8-26(9-2,22-13-14-23(27)19(4)17-22)21-12-10-20(18(3)16-21)11-15-24(28)25(5,6)7;1-6-17-9-10-18(13-15(17)4)21(7-2,8-3)19-11-12-20(22)16(5)14-19/h10,12-14,16-17,24,27-28H,8-9H2,1-7H3;1,9-14,22H,7-8H2,2-5H3. The lowest BCUT2D eigenvalue weighted by Gasteiger charge is -2.34. The minimum Gasteiger partial charge on any atom is -0.508 e. The third-order valence-corrected chi connectivity index (χ3v) is 10.8. The Labute approximate surface area is 302 Å².